The molecule has 0 atom stereocenters. The smallest absolute Gasteiger partial charge is 0.240 e. The number of sulfone groups is 1. The minimum atomic E-state index is -3.92. The first-order chi connectivity index (χ1) is 15.5. The lowest BCUT2D eigenvalue weighted by Crippen LogP contribution is -2.27. The van der Waals surface area contributed by atoms with E-state index in [9.17, 15) is 16.8 Å². The molecule has 2 aromatic carbocycles. The van der Waals surface area contributed by atoms with Crippen LogP contribution in [0.1, 0.15) is 57.1 Å². The van der Waals surface area contributed by atoms with Gasteiger partial charge in [-0.25, -0.2) is 26.5 Å². The predicted octanol–water partition coefficient (Wildman–Crippen LogP) is 4.33. The Bertz CT molecular complexity index is 1280. The molecule has 3 rings (SSSR count). The maximum absolute atomic E-state index is 13.5. The van der Waals surface area contributed by atoms with E-state index >= 15 is 0 Å². The van der Waals surface area contributed by atoms with Gasteiger partial charge in [0.15, 0.2) is 0 Å². The Balaban J connectivity index is 2.03. The van der Waals surface area contributed by atoms with Gasteiger partial charge in [-0.05, 0) is 47.6 Å². The highest BCUT2D eigenvalue weighted by Crippen LogP contribution is 2.35. The first-order valence-corrected chi connectivity index (χ1v) is 13.9. The monoisotopic (exact) mass is 489 g/mol. The van der Waals surface area contributed by atoms with Gasteiger partial charge in [0.25, 0.3) is 0 Å². The standard InChI is InChI=1S/C24H31N3O4S2/c1-18(2)21-15-22(19(3)4)24(16-23(21)32(28,29)20-9-6-5-7-10-20)33(30,31)26-11-8-13-27-14-12-25-17-27/h5-7,9-10,12,14-19,26H,8,11,13H2,1-4H3. The summed E-state index contributed by atoms with van der Waals surface area (Å²) in [6, 6.07) is 11.2. The summed E-state index contributed by atoms with van der Waals surface area (Å²) < 4.78 is 58.1. The van der Waals surface area contributed by atoms with Crippen molar-refractivity contribution < 1.29 is 16.8 Å². The molecule has 0 fully saturated rings. The Labute approximate surface area is 196 Å². The minimum Gasteiger partial charge on any atom is -0.337 e. The lowest BCUT2D eigenvalue weighted by atomic mass is 9.95. The summed E-state index contributed by atoms with van der Waals surface area (Å²) in [5.74, 6) is -0.204. The van der Waals surface area contributed by atoms with Crippen LogP contribution in [0.5, 0.6) is 0 Å². The van der Waals surface area contributed by atoms with E-state index in [4.69, 9.17) is 0 Å². The van der Waals surface area contributed by atoms with Gasteiger partial charge in [0, 0.05) is 25.5 Å². The van der Waals surface area contributed by atoms with E-state index in [0.717, 1.165) is 0 Å². The summed E-state index contributed by atoms with van der Waals surface area (Å²) in [6.45, 7) is 8.48. The average molecular weight is 490 g/mol. The molecule has 0 aliphatic heterocycles. The number of sulfonamides is 1. The number of hydrogen-bond donors (Lipinski definition) is 1. The fraction of sp³-hybridized carbons (Fsp3) is 0.375. The number of aryl methyl sites for hydroxylation is 1. The van der Waals surface area contributed by atoms with Gasteiger partial charge in [0.2, 0.25) is 19.9 Å². The second kappa shape index (κ2) is 10.2. The molecule has 0 bridgehead atoms. The second-order valence-electron chi connectivity index (χ2n) is 8.61. The number of nitrogens with one attached hydrogen (secondary N) is 1. The maximum atomic E-state index is 13.5. The van der Waals surface area contributed by atoms with Crippen LogP contribution in [0, 0.1) is 0 Å². The number of imidazole rings is 1. The lowest BCUT2D eigenvalue weighted by Gasteiger charge is -2.21. The molecule has 9 heteroatoms. The van der Waals surface area contributed by atoms with Crippen molar-refractivity contribution in [1.29, 1.82) is 0 Å². The zero-order valence-corrected chi connectivity index (χ0v) is 21.0. The quantitative estimate of drug-likeness (QED) is 0.428. The molecular formula is C24H31N3O4S2. The van der Waals surface area contributed by atoms with Gasteiger partial charge in [0.1, 0.15) is 0 Å². The van der Waals surface area contributed by atoms with Crippen LogP contribution in [-0.4, -0.2) is 32.9 Å². The van der Waals surface area contributed by atoms with E-state index in [1.165, 1.54) is 18.2 Å². The molecule has 0 radical (unpaired) electrons. The predicted molar refractivity (Wildman–Crippen MR) is 129 cm³/mol. The molecule has 1 heterocycles. The van der Waals surface area contributed by atoms with Gasteiger partial charge in [-0.3, -0.25) is 0 Å². The van der Waals surface area contributed by atoms with Crippen LogP contribution in [0.25, 0.3) is 0 Å². The van der Waals surface area contributed by atoms with Gasteiger partial charge < -0.3 is 4.57 Å². The Hall–Kier alpha value is -2.49. The average Bonchev–Trinajstić information content (AvgIpc) is 3.30. The number of hydrogen-bond acceptors (Lipinski definition) is 5. The maximum Gasteiger partial charge on any atom is 0.240 e. The molecule has 1 aromatic heterocycles. The normalized spacial score (nSPS) is 12.5. The van der Waals surface area contributed by atoms with Crippen molar-refractivity contribution >= 4 is 19.9 Å². The van der Waals surface area contributed by atoms with Crippen LogP contribution < -0.4 is 4.72 Å². The lowest BCUT2D eigenvalue weighted by molar-refractivity contribution is 0.567. The van der Waals surface area contributed by atoms with E-state index in [0.29, 0.717) is 24.1 Å². The Kier molecular flexibility index (Phi) is 7.76. The van der Waals surface area contributed by atoms with E-state index in [1.54, 1.807) is 36.8 Å². The minimum absolute atomic E-state index is 0.0130. The second-order valence-corrected chi connectivity index (χ2v) is 12.3. The number of rotatable bonds is 10. The highest BCUT2D eigenvalue weighted by Gasteiger charge is 2.29. The van der Waals surface area contributed by atoms with Crippen molar-refractivity contribution in [3.63, 3.8) is 0 Å². The molecule has 0 spiro atoms. The molecule has 0 aliphatic rings. The molecule has 178 valence electrons. The molecule has 3 aromatic rings. The van der Waals surface area contributed by atoms with Crippen molar-refractivity contribution in [2.24, 2.45) is 0 Å². The van der Waals surface area contributed by atoms with Gasteiger partial charge in [-0.1, -0.05) is 52.0 Å². The summed E-state index contributed by atoms with van der Waals surface area (Å²) in [7, 11) is -7.82. The molecule has 33 heavy (non-hydrogen) atoms. The third kappa shape index (κ3) is 5.72. The first-order valence-electron chi connectivity index (χ1n) is 11.0. The Morgan fingerprint density at radius 1 is 0.909 bits per heavy atom. The molecule has 0 amide bonds. The Morgan fingerprint density at radius 3 is 2.12 bits per heavy atom. The largest absolute Gasteiger partial charge is 0.337 e. The molecular weight excluding hydrogens is 458 g/mol. The van der Waals surface area contributed by atoms with Crippen molar-refractivity contribution in [3.8, 4) is 0 Å². The molecule has 0 saturated carbocycles. The molecule has 0 unspecified atom stereocenters. The summed E-state index contributed by atoms with van der Waals surface area (Å²) >= 11 is 0. The van der Waals surface area contributed by atoms with Crippen LogP contribution >= 0.6 is 0 Å². The van der Waals surface area contributed by atoms with Crippen molar-refractivity contribution in [3.05, 3.63) is 72.3 Å². The van der Waals surface area contributed by atoms with E-state index in [-0.39, 0.29) is 33.1 Å². The van der Waals surface area contributed by atoms with Gasteiger partial charge in [0.05, 0.1) is 21.0 Å². The summed E-state index contributed by atoms with van der Waals surface area (Å²) in [5, 5.41) is 0. The fourth-order valence-electron chi connectivity index (χ4n) is 3.65. The molecule has 7 nitrogen and oxygen atoms in total. The zero-order chi connectivity index (χ0) is 24.2. The van der Waals surface area contributed by atoms with Crippen LogP contribution in [0.15, 0.2) is 75.9 Å². The summed E-state index contributed by atoms with van der Waals surface area (Å²) in [5.41, 5.74) is 1.22. The number of nitrogens with zero attached hydrogens (tertiary/aromatic N) is 2. The van der Waals surface area contributed by atoms with Crippen LogP contribution in [0.4, 0.5) is 0 Å². The van der Waals surface area contributed by atoms with Crippen molar-refractivity contribution in [1.82, 2.24) is 14.3 Å². The van der Waals surface area contributed by atoms with E-state index in [2.05, 4.69) is 9.71 Å². The third-order valence-electron chi connectivity index (χ3n) is 5.46. The van der Waals surface area contributed by atoms with E-state index in [1.807, 2.05) is 38.5 Å². The van der Waals surface area contributed by atoms with Gasteiger partial charge in [-0.2, -0.15) is 0 Å². The van der Waals surface area contributed by atoms with Crippen LogP contribution in [0.3, 0.4) is 0 Å². The van der Waals surface area contributed by atoms with Gasteiger partial charge >= 0.3 is 0 Å². The van der Waals surface area contributed by atoms with Crippen molar-refractivity contribution in [2.45, 2.75) is 67.2 Å². The number of benzene rings is 2. The molecule has 0 aliphatic carbocycles. The topological polar surface area (TPSA) is 98.1 Å². The molecule has 1 N–H and O–H groups in total. The van der Waals surface area contributed by atoms with E-state index < -0.39 is 19.9 Å². The highest BCUT2D eigenvalue weighted by molar-refractivity contribution is 7.91. The number of aromatic nitrogens is 2. The van der Waals surface area contributed by atoms with Gasteiger partial charge in [-0.15, -0.1) is 0 Å². The third-order valence-corrected chi connectivity index (χ3v) is 8.81. The first kappa shape index (κ1) is 25.1. The van der Waals surface area contributed by atoms with Crippen LogP contribution in [-0.2, 0) is 26.4 Å². The van der Waals surface area contributed by atoms with Crippen LogP contribution in [0.2, 0.25) is 0 Å². The Morgan fingerprint density at radius 2 is 1.55 bits per heavy atom. The molecule has 0 saturated heterocycles. The summed E-state index contributed by atoms with van der Waals surface area (Å²) in [4.78, 5) is 4.16. The SMILES string of the molecule is CC(C)c1cc(C(C)C)c(S(=O)(=O)c2ccccc2)cc1S(=O)(=O)NCCCn1ccnc1. The fourth-order valence-corrected chi connectivity index (χ4v) is 6.82. The summed E-state index contributed by atoms with van der Waals surface area (Å²) in [6.07, 6.45) is 5.74. The zero-order valence-electron chi connectivity index (χ0n) is 19.4. The van der Waals surface area contributed by atoms with Crippen molar-refractivity contribution in [2.75, 3.05) is 6.54 Å². The highest BCUT2D eigenvalue weighted by atomic mass is 32.2.